The Morgan fingerprint density at radius 1 is 1.10 bits per heavy atom. The topological polar surface area (TPSA) is 44.8 Å². The van der Waals surface area contributed by atoms with E-state index in [1.807, 2.05) is 0 Å². The van der Waals surface area contributed by atoms with E-state index in [-0.39, 0.29) is 17.1 Å². The van der Waals surface area contributed by atoms with Crippen LogP contribution < -0.4 is 14.2 Å². The molecule has 0 radical (unpaired) electrons. The van der Waals surface area contributed by atoms with Crippen molar-refractivity contribution in [3.8, 4) is 17.2 Å². The molecule has 2 aromatic carbocycles. The molecule has 0 fully saturated rings. The van der Waals surface area contributed by atoms with Gasteiger partial charge in [-0.1, -0.05) is 39.7 Å². The standard InChI is InChI=1S/C20H15BrClF3O4/c1-27-15-8-11(22)4-6-13(15)18(21)19(26)12-5-3-10-7-16(28-2)17(9-14(10)12)29-20(23,24)25/h4-9,18H,3H2,1-2H3. The molecule has 1 unspecified atom stereocenters. The molecule has 0 heterocycles. The van der Waals surface area contributed by atoms with E-state index in [4.69, 9.17) is 21.1 Å². The summed E-state index contributed by atoms with van der Waals surface area (Å²) < 4.78 is 52.6. The van der Waals surface area contributed by atoms with E-state index >= 15 is 0 Å². The number of hydrogen-bond donors (Lipinski definition) is 0. The number of Topliss-reactive ketones (excluding diaryl/α,β-unsaturated/α-hetero) is 1. The van der Waals surface area contributed by atoms with Gasteiger partial charge in [0, 0.05) is 16.2 Å². The molecule has 1 aliphatic rings. The van der Waals surface area contributed by atoms with E-state index in [1.54, 1.807) is 24.3 Å². The molecule has 0 saturated heterocycles. The molecule has 1 atom stereocenters. The fourth-order valence-electron chi connectivity index (χ4n) is 3.11. The molecule has 0 saturated carbocycles. The fraction of sp³-hybridized carbons (Fsp3) is 0.250. The molecule has 3 rings (SSSR count). The molecule has 0 spiro atoms. The van der Waals surface area contributed by atoms with Crippen LogP contribution in [0, 0.1) is 0 Å². The average molecular weight is 492 g/mol. The van der Waals surface area contributed by atoms with Crippen LogP contribution in [0.25, 0.3) is 5.57 Å². The van der Waals surface area contributed by atoms with Gasteiger partial charge in [0.15, 0.2) is 17.3 Å². The van der Waals surface area contributed by atoms with E-state index < -0.39 is 16.9 Å². The highest BCUT2D eigenvalue weighted by Gasteiger charge is 2.35. The van der Waals surface area contributed by atoms with Gasteiger partial charge in [-0.15, -0.1) is 13.2 Å². The van der Waals surface area contributed by atoms with Gasteiger partial charge in [0.1, 0.15) is 10.6 Å². The van der Waals surface area contributed by atoms with E-state index in [0.29, 0.717) is 33.9 Å². The summed E-state index contributed by atoms with van der Waals surface area (Å²) in [5, 5.41) is 0.448. The number of rotatable bonds is 6. The van der Waals surface area contributed by atoms with Crippen molar-refractivity contribution in [2.45, 2.75) is 17.6 Å². The van der Waals surface area contributed by atoms with Crippen LogP contribution in [-0.2, 0) is 11.2 Å². The number of carbonyl (C=O) groups excluding carboxylic acids is 1. The molecule has 2 aromatic rings. The summed E-state index contributed by atoms with van der Waals surface area (Å²) in [5.74, 6) is -0.470. The lowest BCUT2D eigenvalue weighted by Crippen LogP contribution is -2.18. The summed E-state index contributed by atoms with van der Waals surface area (Å²) in [6.45, 7) is 0. The number of carbonyl (C=O) groups is 1. The van der Waals surface area contributed by atoms with Crippen molar-refractivity contribution in [1.29, 1.82) is 0 Å². The molecule has 29 heavy (non-hydrogen) atoms. The Morgan fingerprint density at radius 3 is 2.41 bits per heavy atom. The lowest BCUT2D eigenvalue weighted by atomic mass is 9.97. The van der Waals surface area contributed by atoms with Gasteiger partial charge in [-0.2, -0.15) is 0 Å². The Bertz CT molecular complexity index is 988. The first-order valence-electron chi connectivity index (χ1n) is 8.33. The van der Waals surface area contributed by atoms with E-state index in [0.717, 1.165) is 0 Å². The van der Waals surface area contributed by atoms with Crippen molar-refractivity contribution < 1.29 is 32.2 Å². The molecular formula is C20H15BrClF3O4. The Hall–Kier alpha value is -2.19. The van der Waals surface area contributed by atoms with Crippen molar-refractivity contribution >= 4 is 38.9 Å². The van der Waals surface area contributed by atoms with Crippen LogP contribution in [0.5, 0.6) is 17.2 Å². The van der Waals surface area contributed by atoms with Gasteiger partial charge >= 0.3 is 6.36 Å². The quantitative estimate of drug-likeness (QED) is 0.472. The molecule has 1 aliphatic carbocycles. The number of fused-ring (bicyclic) bond motifs is 1. The second-order valence-corrected chi connectivity index (χ2v) is 7.50. The van der Waals surface area contributed by atoms with Crippen molar-refractivity contribution in [1.82, 2.24) is 0 Å². The summed E-state index contributed by atoms with van der Waals surface area (Å²) in [4.78, 5) is 12.3. The predicted octanol–water partition coefficient (Wildman–Crippen LogP) is 5.90. The van der Waals surface area contributed by atoms with Crippen LogP contribution in [0.1, 0.15) is 21.5 Å². The third-order valence-corrected chi connectivity index (χ3v) is 5.54. The van der Waals surface area contributed by atoms with E-state index in [9.17, 15) is 18.0 Å². The average Bonchev–Trinajstić information content (AvgIpc) is 3.07. The second kappa shape index (κ2) is 8.28. The maximum absolute atomic E-state index is 13.1. The molecule has 9 heteroatoms. The zero-order valence-corrected chi connectivity index (χ0v) is 17.6. The highest BCUT2D eigenvalue weighted by atomic mass is 79.9. The Kier molecular flexibility index (Phi) is 6.14. The van der Waals surface area contributed by atoms with Gasteiger partial charge in [-0.05, 0) is 41.8 Å². The molecule has 0 aliphatic heterocycles. The summed E-state index contributed by atoms with van der Waals surface area (Å²) in [5.41, 5.74) is 1.88. The van der Waals surface area contributed by atoms with Crippen LogP contribution in [0.4, 0.5) is 13.2 Å². The molecule has 0 amide bonds. The fourth-order valence-corrected chi connectivity index (χ4v) is 3.90. The first-order chi connectivity index (χ1) is 13.6. The minimum absolute atomic E-state index is 0.0575. The highest BCUT2D eigenvalue weighted by Crippen LogP contribution is 2.43. The van der Waals surface area contributed by atoms with Crippen LogP contribution >= 0.6 is 27.5 Å². The van der Waals surface area contributed by atoms with Gasteiger partial charge in [-0.25, -0.2) is 0 Å². The number of ether oxygens (including phenoxy) is 3. The lowest BCUT2D eigenvalue weighted by Gasteiger charge is -2.17. The zero-order valence-electron chi connectivity index (χ0n) is 15.3. The highest BCUT2D eigenvalue weighted by molar-refractivity contribution is 9.09. The van der Waals surface area contributed by atoms with Gasteiger partial charge in [0.05, 0.1) is 14.2 Å². The van der Waals surface area contributed by atoms with Gasteiger partial charge < -0.3 is 14.2 Å². The molecule has 0 bridgehead atoms. The smallest absolute Gasteiger partial charge is 0.496 e. The second-order valence-electron chi connectivity index (χ2n) is 6.14. The van der Waals surface area contributed by atoms with Crippen LogP contribution in [0.2, 0.25) is 5.02 Å². The summed E-state index contributed by atoms with van der Waals surface area (Å²) in [6.07, 6.45) is -2.83. The Labute approximate surface area is 178 Å². The number of ketones is 1. The van der Waals surface area contributed by atoms with Crippen molar-refractivity contribution in [2.75, 3.05) is 14.2 Å². The Balaban J connectivity index is 1.97. The zero-order chi connectivity index (χ0) is 21.3. The molecule has 0 N–H and O–H groups in total. The molecule has 154 valence electrons. The van der Waals surface area contributed by atoms with Gasteiger partial charge in [0.25, 0.3) is 0 Å². The van der Waals surface area contributed by atoms with Crippen molar-refractivity contribution in [2.24, 2.45) is 0 Å². The normalized spacial score (nSPS) is 14.1. The first kappa shape index (κ1) is 21.5. The van der Waals surface area contributed by atoms with Crippen LogP contribution in [0.15, 0.2) is 36.4 Å². The predicted molar refractivity (Wildman–Crippen MR) is 106 cm³/mol. The molecule has 4 nitrogen and oxygen atoms in total. The Morgan fingerprint density at radius 2 is 1.79 bits per heavy atom. The minimum Gasteiger partial charge on any atom is -0.496 e. The van der Waals surface area contributed by atoms with Gasteiger partial charge in [0.2, 0.25) is 0 Å². The third kappa shape index (κ3) is 4.53. The third-order valence-electron chi connectivity index (χ3n) is 4.40. The number of hydrogen-bond acceptors (Lipinski definition) is 4. The SMILES string of the molecule is COc1cc2c(cc1OC(F)(F)F)C(C(=O)C(Br)c1ccc(Cl)cc1OC)=CC2. The number of benzene rings is 2. The maximum Gasteiger partial charge on any atom is 0.573 e. The maximum atomic E-state index is 13.1. The lowest BCUT2D eigenvalue weighted by molar-refractivity contribution is -0.275. The molecule has 0 aromatic heterocycles. The monoisotopic (exact) mass is 490 g/mol. The number of methoxy groups -OCH3 is 2. The number of halogens is 5. The van der Waals surface area contributed by atoms with Gasteiger partial charge in [-0.3, -0.25) is 4.79 Å². The van der Waals surface area contributed by atoms with Crippen molar-refractivity contribution in [3.63, 3.8) is 0 Å². The van der Waals surface area contributed by atoms with E-state index in [2.05, 4.69) is 20.7 Å². The van der Waals surface area contributed by atoms with Crippen LogP contribution in [-0.4, -0.2) is 26.4 Å². The molecular weight excluding hydrogens is 477 g/mol. The number of allylic oxidation sites excluding steroid dienone is 2. The minimum atomic E-state index is -4.89. The van der Waals surface area contributed by atoms with E-state index in [1.165, 1.54) is 26.4 Å². The summed E-state index contributed by atoms with van der Waals surface area (Å²) >= 11 is 9.34. The largest absolute Gasteiger partial charge is 0.573 e. The summed E-state index contributed by atoms with van der Waals surface area (Å²) in [7, 11) is 2.71. The number of alkyl halides is 4. The summed E-state index contributed by atoms with van der Waals surface area (Å²) in [6, 6.07) is 7.48. The van der Waals surface area contributed by atoms with Crippen molar-refractivity contribution in [3.05, 3.63) is 58.1 Å². The first-order valence-corrected chi connectivity index (χ1v) is 9.63. The van der Waals surface area contributed by atoms with Crippen LogP contribution in [0.3, 0.4) is 0 Å².